The van der Waals surface area contributed by atoms with Crippen molar-refractivity contribution in [1.29, 1.82) is 0 Å². The van der Waals surface area contributed by atoms with E-state index in [1.54, 1.807) is 32.4 Å². The van der Waals surface area contributed by atoms with Gasteiger partial charge in [-0.3, -0.25) is 0 Å². The number of allylic oxidation sites excluding steroid dienone is 1. The second-order valence-electron chi connectivity index (χ2n) is 4.92. The van der Waals surface area contributed by atoms with Crippen LogP contribution < -0.4 is 9.47 Å². The topological polar surface area (TPSA) is 18.5 Å². The highest BCUT2D eigenvalue weighted by atomic mass is 19.1. The molecule has 1 aromatic rings. The summed E-state index contributed by atoms with van der Waals surface area (Å²) in [5.41, 5.74) is 0.803. The minimum atomic E-state index is -0.0408. The number of hydrogen-bond acceptors (Lipinski definition) is 2. The van der Waals surface area contributed by atoms with Gasteiger partial charge in [-0.1, -0.05) is 32.8 Å². The maximum atomic E-state index is 14.3. The van der Waals surface area contributed by atoms with Gasteiger partial charge in [0.1, 0.15) is 5.83 Å². The highest BCUT2D eigenvalue weighted by Gasteiger charge is 2.13. The Hall–Kier alpha value is -1.51. The molecule has 20 heavy (non-hydrogen) atoms. The predicted molar refractivity (Wildman–Crippen MR) is 81.9 cm³/mol. The van der Waals surface area contributed by atoms with Crippen LogP contribution in [0.2, 0.25) is 0 Å². The number of halogens is 1. The van der Waals surface area contributed by atoms with Crippen molar-refractivity contribution in [2.45, 2.75) is 39.5 Å². The average Bonchev–Trinajstić information content (AvgIpc) is 2.46. The van der Waals surface area contributed by atoms with Gasteiger partial charge in [-0.05, 0) is 36.6 Å². The van der Waals surface area contributed by atoms with E-state index in [1.165, 1.54) is 0 Å². The first kappa shape index (κ1) is 16.5. The monoisotopic (exact) mass is 280 g/mol. The lowest BCUT2D eigenvalue weighted by atomic mass is 9.95. The third-order valence-electron chi connectivity index (χ3n) is 3.38. The summed E-state index contributed by atoms with van der Waals surface area (Å²) in [7, 11) is 3.17. The van der Waals surface area contributed by atoms with Crippen molar-refractivity contribution in [2.75, 3.05) is 14.2 Å². The molecule has 0 saturated heterocycles. The van der Waals surface area contributed by atoms with E-state index in [0.29, 0.717) is 11.5 Å². The molecule has 0 unspecified atom stereocenters. The van der Waals surface area contributed by atoms with Crippen LogP contribution in [0.15, 0.2) is 24.0 Å². The Morgan fingerprint density at radius 2 is 1.70 bits per heavy atom. The van der Waals surface area contributed by atoms with Crippen molar-refractivity contribution in [2.24, 2.45) is 5.92 Å². The normalized spacial score (nSPS) is 11.8. The summed E-state index contributed by atoms with van der Waals surface area (Å²) in [6, 6.07) is 5.44. The van der Waals surface area contributed by atoms with E-state index in [4.69, 9.17) is 9.47 Å². The maximum Gasteiger partial charge on any atom is 0.161 e. The molecule has 1 rings (SSSR count). The molecule has 0 amide bonds. The van der Waals surface area contributed by atoms with E-state index in [2.05, 4.69) is 13.8 Å². The quantitative estimate of drug-likeness (QED) is 0.649. The zero-order chi connectivity index (χ0) is 15.0. The van der Waals surface area contributed by atoms with Crippen molar-refractivity contribution in [3.63, 3.8) is 0 Å². The molecule has 0 spiro atoms. The number of methoxy groups -OCH3 is 2. The molecule has 3 heteroatoms. The molecule has 0 aliphatic carbocycles. The van der Waals surface area contributed by atoms with Crippen molar-refractivity contribution in [3.8, 4) is 11.5 Å². The van der Waals surface area contributed by atoms with Gasteiger partial charge < -0.3 is 9.47 Å². The van der Waals surface area contributed by atoms with E-state index in [9.17, 15) is 4.39 Å². The largest absolute Gasteiger partial charge is 0.493 e. The van der Waals surface area contributed by atoms with Gasteiger partial charge in [0.2, 0.25) is 0 Å². The van der Waals surface area contributed by atoms with Gasteiger partial charge in [-0.2, -0.15) is 0 Å². The van der Waals surface area contributed by atoms with Crippen LogP contribution in [0.5, 0.6) is 11.5 Å². The summed E-state index contributed by atoms with van der Waals surface area (Å²) in [6.07, 6.45) is 5.39. The molecule has 1 aromatic carbocycles. The smallest absolute Gasteiger partial charge is 0.161 e. The molecule has 0 aliphatic rings. The van der Waals surface area contributed by atoms with Gasteiger partial charge in [0.05, 0.1) is 14.2 Å². The van der Waals surface area contributed by atoms with E-state index in [1.807, 2.05) is 6.07 Å². The zero-order valence-electron chi connectivity index (χ0n) is 12.9. The van der Waals surface area contributed by atoms with Crippen molar-refractivity contribution >= 4 is 6.08 Å². The van der Waals surface area contributed by atoms with Crippen molar-refractivity contribution < 1.29 is 13.9 Å². The van der Waals surface area contributed by atoms with Gasteiger partial charge >= 0.3 is 0 Å². The first-order valence-corrected chi connectivity index (χ1v) is 7.25. The standard InChI is InChI=1S/C17H25FO2/c1-5-7-14(8-6-2)15(18)11-13-9-10-16(19-3)17(12-13)20-4/h9-12,14H,5-8H2,1-4H3/b15-11-. The number of rotatable bonds is 8. The minimum absolute atomic E-state index is 0.0260. The Morgan fingerprint density at radius 1 is 1.10 bits per heavy atom. The molecule has 0 aliphatic heterocycles. The summed E-state index contributed by atoms with van der Waals surface area (Å²) in [5, 5.41) is 0. The molecule has 0 heterocycles. The summed E-state index contributed by atoms with van der Waals surface area (Å²) in [5.74, 6) is 1.26. The van der Waals surface area contributed by atoms with Crippen LogP contribution in [0.4, 0.5) is 4.39 Å². The molecule has 112 valence electrons. The SMILES string of the molecule is CCCC(CCC)/C(F)=C/c1ccc(OC)c(OC)c1. The van der Waals surface area contributed by atoms with Crippen LogP contribution in [0.3, 0.4) is 0 Å². The first-order chi connectivity index (χ1) is 9.65. The zero-order valence-corrected chi connectivity index (χ0v) is 12.9. The molecular formula is C17H25FO2. The lowest BCUT2D eigenvalue weighted by molar-refractivity contribution is 0.355. The molecule has 0 aromatic heterocycles. The minimum Gasteiger partial charge on any atom is -0.493 e. The molecule has 0 saturated carbocycles. The lowest BCUT2D eigenvalue weighted by Crippen LogP contribution is -2.00. The summed E-state index contributed by atoms with van der Waals surface area (Å²) < 4.78 is 24.8. The molecule has 0 radical (unpaired) electrons. The summed E-state index contributed by atoms with van der Waals surface area (Å²) in [6.45, 7) is 4.18. The average molecular weight is 280 g/mol. The number of benzene rings is 1. The van der Waals surface area contributed by atoms with E-state index in [0.717, 1.165) is 31.2 Å². The van der Waals surface area contributed by atoms with Crippen LogP contribution in [-0.2, 0) is 0 Å². The summed E-state index contributed by atoms with van der Waals surface area (Å²) in [4.78, 5) is 0. The van der Waals surface area contributed by atoms with Crippen molar-refractivity contribution in [1.82, 2.24) is 0 Å². The molecular weight excluding hydrogens is 255 g/mol. The Balaban J connectivity index is 2.96. The van der Waals surface area contributed by atoms with Gasteiger partial charge in [0, 0.05) is 5.92 Å². The highest BCUT2D eigenvalue weighted by molar-refractivity contribution is 5.57. The molecule has 2 nitrogen and oxygen atoms in total. The van der Waals surface area contributed by atoms with Crippen LogP contribution in [0, 0.1) is 5.92 Å². The first-order valence-electron chi connectivity index (χ1n) is 7.25. The fraction of sp³-hybridized carbons (Fsp3) is 0.529. The fourth-order valence-electron chi connectivity index (χ4n) is 2.34. The molecule has 0 fully saturated rings. The lowest BCUT2D eigenvalue weighted by Gasteiger charge is -2.13. The Bertz CT molecular complexity index is 435. The third kappa shape index (κ3) is 4.55. The third-order valence-corrected chi connectivity index (χ3v) is 3.38. The van der Waals surface area contributed by atoms with Gasteiger partial charge in [-0.15, -0.1) is 0 Å². The van der Waals surface area contributed by atoms with E-state index in [-0.39, 0.29) is 11.7 Å². The highest BCUT2D eigenvalue weighted by Crippen LogP contribution is 2.30. The predicted octanol–water partition coefficient (Wildman–Crippen LogP) is 5.23. The Morgan fingerprint density at radius 3 is 2.20 bits per heavy atom. The van der Waals surface area contributed by atoms with Crippen LogP contribution in [0.25, 0.3) is 6.08 Å². The maximum absolute atomic E-state index is 14.3. The van der Waals surface area contributed by atoms with Gasteiger partial charge in [0.25, 0.3) is 0 Å². The second-order valence-corrected chi connectivity index (χ2v) is 4.92. The van der Waals surface area contributed by atoms with Crippen LogP contribution in [-0.4, -0.2) is 14.2 Å². The Kier molecular flexibility index (Phi) is 7.13. The van der Waals surface area contributed by atoms with Gasteiger partial charge in [-0.25, -0.2) is 4.39 Å². The Labute approximate surface area is 121 Å². The van der Waals surface area contributed by atoms with E-state index < -0.39 is 0 Å². The molecule has 0 N–H and O–H groups in total. The number of hydrogen-bond donors (Lipinski definition) is 0. The van der Waals surface area contributed by atoms with Crippen LogP contribution in [0.1, 0.15) is 45.1 Å². The summed E-state index contributed by atoms with van der Waals surface area (Å²) >= 11 is 0. The second kappa shape index (κ2) is 8.62. The van der Waals surface area contributed by atoms with Crippen molar-refractivity contribution in [3.05, 3.63) is 29.6 Å². The fourth-order valence-corrected chi connectivity index (χ4v) is 2.34. The van der Waals surface area contributed by atoms with Crippen LogP contribution >= 0.6 is 0 Å². The van der Waals surface area contributed by atoms with E-state index >= 15 is 0 Å². The molecule has 0 bridgehead atoms. The molecule has 0 atom stereocenters. The van der Waals surface area contributed by atoms with Gasteiger partial charge in [0.15, 0.2) is 11.5 Å². The number of ether oxygens (including phenoxy) is 2.